The standard InChI is InChI=1S/C15H32S3/c1-4-17-13-7-10-15(9-6-12-16-3)11-8-14-18-5-2/h15H,4-14H2,1-3H3. The van der Waals surface area contributed by atoms with E-state index in [1.807, 2.05) is 11.8 Å². The van der Waals surface area contributed by atoms with Gasteiger partial charge in [0.25, 0.3) is 0 Å². The van der Waals surface area contributed by atoms with Crippen LogP contribution in [0.2, 0.25) is 0 Å². The van der Waals surface area contributed by atoms with Gasteiger partial charge in [0, 0.05) is 0 Å². The van der Waals surface area contributed by atoms with E-state index in [1.165, 1.54) is 67.3 Å². The molecule has 0 nitrogen and oxygen atoms in total. The first kappa shape index (κ1) is 19.1. The number of hydrogen-bond donors (Lipinski definition) is 0. The second kappa shape index (κ2) is 16.1. The van der Waals surface area contributed by atoms with Gasteiger partial charge in [-0.05, 0) is 79.5 Å². The Morgan fingerprint density at radius 1 is 0.722 bits per heavy atom. The molecular weight excluding hydrogens is 276 g/mol. The second-order valence-corrected chi connectivity index (χ2v) is 8.45. The van der Waals surface area contributed by atoms with Crippen molar-refractivity contribution in [2.75, 3.05) is 35.0 Å². The Hall–Kier alpha value is 1.05. The fraction of sp³-hybridized carbons (Fsp3) is 1.00. The molecule has 0 aromatic carbocycles. The summed E-state index contributed by atoms with van der Waals surface area (Å²) in [5.41, 5.74) is 0. The average Bonchev–Trinajstić information content (AvgIpc) is 2.39. The molecule has 0 aromatic heterocycles. The summed E-state index contributed by atoms with van der Waals surface area (Å²) < 4.78 is 0. The summed E-state index contributed by atoms with van der Waals surface area (Å²) in [5, 5.41) is 0. The zero-order chi connectivity index (χ0) is 13.5. The average molecular weight is 309 g/mol. The van der Waals surface area contributed by atoms with Gasteiger partial charge in [0.1, 0.15) is 0 Å². The maximum atomic E-state index is 2.27. The summed E-state index contributed by atoms with van der Waals surface area (Å²) in [4.78, 5) is 0. The van der Waals surface area contributed by atoms with Gasteiger partial charge < -0.3 is 0 Å². The molecule has 3 heteroatoms. The Morgan fingerprint density at radius 2 is 1.17 bits per heavy atom. The van der Waals surface area contributed by atoms with E-state index >= 15 is 0 Å². The smallest absolute Gasteiger partial charge is 0.00675 e. The Morgan fingerprint density at radius 3 is 1.56 bits per heavy atom. The molecule has 0 aromatic rings. The molecule has 0 saturated carbocycles. The van der Waals surface area contributed by atoms with Crippen LogP contribution in [0.15, 0.2) is 0 Å². The van der Waals surface area contributed by atoms with Crippen molar-refractivity contribution in [2.45, 2.75) is 52.4 Å². The number of thioether (sulfide) groups is 3. The molecule has 0 heterocycles. The third kappa shape index (κ3) is 13.5. The molecule has 0 aliphatic carbocycles. The van der Waals surface area contributed by atoms with Gasteiger partial charge in [-0.3, -0.25) is 0 Å². The summed E-state index contributed by atoms with van der Waals surface area (Å²) >= 11 is 6.20. The third-order valence-corrected chi connectivity index (χ3v) is 5.84. The van der Waals surface area contributed by atoms with E-state index in [0.717, 1.165) is 5.92 Å². The van der Waals surface area contributed by atoms with Gasteiger partial charge in [-0.1, -0.05) is 13.8 Å². The highest BCUT2D eigenvalue weighted by Gasteiger charge is 2.08. The van der Waals surface area contributed by atoms with Gasteiger partial charge in [0.05, 0.1) is 0 Å². The molecule has 0 aliphatic rings. The molecule has 0 rings (SSSR count). The van der Waals surface area contributed by atoms with Gasteiger partial charge in [-0.2, -0.15) is 35.3 Å². The predicted octanol–water partition coefficient (Wildman–Crippen LogP) is 5.81. The van der Waals surface area contributed by atoms with Crippen molar-refractivity contribution < 1.29 is 0 Å². The Labute approximate surface area is 128 Å². The first-order chi connectivity index (χ1) is 8.85. The van der Waals surface area contributed by atoms with Crippen molar-refractivity contribution in [1.82, 2.24) is 0 Å². The molecule has 0 saturated heterocycles. The fourth-order valence-electron chi connectivity index (χ4n) is 2.19. The zero-order valence-corrected chi connectivity index (χ0v) is 15.0. The first-order valence-corrected chi connectivity index (χ1v) is 11.2. The maximum absolute atomic E-state index is 2.27. The monoisotopic (exact) mass is 308 g/mol. The third-order valence-electron chi connectivity index (χ3n) is 3.17. The molecule has 0 aliphatic heterocycles. The molecule has 18 heavy (non-hydrogen) atoms. The first-order valence-electron chi connectivity index (χ1n) is 7.49. The summed E-state index contributed by atoms with van der Waals surface area (Å²) in [6, 6.07) is 0. The van der Waals surface area contributed by atoms with Crippen LogP contribution in [-0.2, 0) is 0 Å². The number of rotatable bonds is 14. The van der Waals surface area contributed by atoms with E-state index in [4.69, 9.17) is 0 Å². The largest absolute Gasteiger partial charge is 0.165 e. The van der Waals surface area contributed by atoms with Crippen molar-refractivity contribution in [1.29, 1.82) is 0 Å². The summed E-state index contributed by atoms with van der Waals surface area (Å²) in [6.45, 7) is 4.53. The van der Waals surface area contributed by atoms with E-state index in [2.05, 4.69) is 43.6 Å². The van der Waals surface area contributed by atoms with E-state index in [0.29, 0.717) is 0 Å². The normalized spacial score (nSPS) is 11.3. The van der Waals surface area contributed by atoms with Crippen LogP contribution in [0.25, 0.3) is 0 Å². The quantitative estimate of drug-likeness (QED) is 0.371. The minimum absolute atomic E-state index is 1.01. The van der Waals surface area contributed by atoms with Crippen LogP contribution < -0.4 is 0 Å². The van der Waals surface area contributed by atoms with Gasteiger partial charge >= 0.3 is 0 Å². The molecule has 0 N–H and O–H groups in total. The van der Waals surface area contributed by atoms with Crippen LogP contribution in [-0.4, -0.2) is 35.0 Å². The number of hydrogen-bond acceptors (Lipinski definition) is 3. The molecule has 0 bridgehead atoms. The van der Waals surface area contributed by atoms with Crippen molar-refractivity contribution in [3.63, 3.8) is 0 Å². The lowest BCUT2D eigenvalue weighted by Crippen LogP contribution is -2.03. The minimum Gasteiger partial charge on any atom is -0.165 e. The molecule has 0 atom stereocenters. The summed E-state index contributed by atoms with van der Waals surface area (Å²) in [5.74, 6) is 7.67. The SMILES string of the molecule is CCSCCCC(CCCSC)CCCSCC. The minimum atomic E-state index is 1.01. The van der Waals surface area contributed by atoms with Crippen molar-refractivity contribution in [3.05, 3.63) is 0 Å². The van der Waals surface area contributed by atoms with Crippen LogP contribution in [0.5, 0.6) is 0 Å². The highest BCUT2D eigenvalue weighted by molar-refractivity contribution is 7.99. The van der Waals surface area contributed by atoms with Gasteiger partial charge in [-0.15, -0.1) is 0 Å². The highest BCUT2D eigenvalue weighted by Crippen LogP contribution is 2.22. The molecule has 110 valence electrons. The van der Waals surface area contributed by atoms with Gasteiger partial charge in [-0.25, -0.2) is 0 Å². The molecule has 0 fully saturated rings. The molecule has 0 spiro atoms. The second-order valence-electron chi connectivity index (χ2n) is 4.68. The Kier molecular flexibility index (Phi) is 17.0. The van der Waals surface area contributed by atoms with Crippen LogP contribution in [0, 0.1) is 5.92 Å². The van der Waals surface area contributed by atoms with Crippen LogP contribution in [0.3, 0.4) is 0 Å². The van der Waals surface area contributed by atoms with Crippen molar-refractivity contribution in [2.24, 2.45) is 5.92 Å². The lowest BCUT2D eigenvalue weighted by atomic mass is 9.94. The maximum Gasteiger partial charge on any atom is -0.00675 e. The van der Waals surface area contributed by atoms with E-state index in [9.17, 15) is 0 Å². The lowest BCUT2D eigenvalue weighted by molar-refractivity contribution is 0.411. The van der Waals surface area contributed by atoms with Gasteiger partial charge in [0.2, 0.25) is 0 Å². The zero-order valence-electron chi connectivity index (χ0n) is 12.6. The molecule has 0 radical (unpaired) electrons. The van der Waals surface area contributed by atoms with Crippen molar-refractivity contribution >= 4 is 35.3 Å². The van der Waals surface area contributed by atoms with Crippen LogP contribution in [0.1, 0.15) is 52.4 Å². The predicted molar refractivity (Wildman–Crippen MR) is 95.6 cm³/mol. The van der Waals surface area contributed by atoms with E-state index in [1.54, 1.807) is 0 Å². The molecule has 0 unspecified atom stereocenters. The van der Waals surface area contributed by atoms with E-state index < -0.39 is 0 Å². The highest BCUT2D eigenvalue weighted by atomic mass is 32.2. The summed E-state index contributed by atoms with van der Waals surface area (Å²) in [7, 11) is 0. The molecular formula is C15H32S3. The molecule has 0 amide bonds. The van der Waals surface area contributed by atoms with E-state index in [-0.39, 0.29) is 0 Å². The fourth-order valence-corrected chi connectivity index (χ4v) is 3.96. The van der Waals surface area contributed by atoms with Crippen LogP contribution >= 0.6 is 35.3 Å². The summed E-state index contributed by atoms with van der Waals surface area (Å²) in [6.07, 6.45) is 10.9. The Balaban J connectivity index is 3.62. The topological polar surface area (TPSA) is 0 Å². The van der Waals surface area contributed by atoms with Crippen LogP contribution in [0.4, 0.5) is 0 Å². The lowest BCUT2D eigenvalue weighted by Gasteiger charge is -2.16. The Bertz CT molecular complexity index is 139. The van der Waals surface area contributed by atoms with Gasteiger partial charge in [0.15, 0.2) is 0 Å². The van der Waals surface area contributed by atoms with Crippen molar-refractivity contribution in [3.8, 4) is 0 Å².